The molecule has 0 unspecified atom stereocenters. The molecule has 0 aromatic heterocycles. The molecule has 1 aliphatic heterocycles. The smallest absolute Gasteiger partial charge is 0.307 e. The monoisotopic (exact) mass is 334 g/mol. The Bertz CT molecular complexity index is 588. The summed E-state index contributed by atoms with van der Waals surface area (Å²) < 4.78 is 10.1. The van der Waals surface area contributed by atoms with Crippen LogP contribution < -0.4 is 10.1 Å². The van der Waals surface area contributed by atoms with Crippen molar-refractivity contribution >= 4 is 17.6 Å². The average molecular weight is 334 g/mol. The van der Waals surface area contributed by atoms with Gasteiger partial charge in [-0.05, 0) is 44.0 Å². The number of esters is 1. The van der Waals surface area contributed by atoms with Crippen LogP contribution >= 0.6 is 0 Å². The molecule has 1 amide bonds. The van der Waals surface area contributed by atoms with Crippen LogP contribution in [0.2, 0.25) is 0 Å². The van der Waals surface area contributed by atoms with Gasteiger partial charge >= 0.3 is 5.97 Å². The average Bonchev–Trinajstić information content (AvgIpc) is 2.56. The fourth-order valence-electron chi connectivity index (χ4n) is 3.07. The number of methoxy groups -OCH3 is 2. The summed E-state index contributed by atoms with van der Waals surface area (Å²) >= 11 is 0. The van der Waals surface area contributed by atoms with Gasteiger partial charge in [0.05, 0.1) is 32.9 Å². The van der Waals surface area contributed by atoms with E-state index in [4.69, 9.17) is 9.47 Å². The Kier molecular flexibility index (Phi) is 6.61. The van der Waals surface area contributed by atoms with Gasteiger partial charge in [-0.1, -0.05) is 12.5 Å². The van der Waals surface area contributed by atoms with Crippen LogP contribution in [0.25, 0.3) is 0 Å². The predicted molar refractivity (Wildman–Crippen MR) is 92.2 cm³/mol. The molecule has 6 heteroatoms. The van der Waals surface area contributed by atoms with Gasteiger partial charge in [0.1, 0.15) is 5.75 Å². The van der Waals surface area contributed by atoms with E-state index in [0.717, 1.165) is 31.4 Å². The van der Waals surface area contributed by atoms with Gasteiger partial charge in [-0.2, -0.15) is 0 Å². The molecule has 0 aliphatic carbocycles. The lowest BCUT2D eigenvalue weighted by molar-refractivity contribution is -0.142. The first-order valence-corrected chi connectivity index (χ1v) is 8.29. The highest BCUT2D eigenvalue weighted by molar-refractivity contribution is 5.93. The zero-order valence-corrected chi connectivity index (χ0v) is 14.6. The van der Waals surface area contributed by atoms with E-state index in [-0.39, 0.29) is 24.5 Å². The third-order valence-corrected chi connectivity index (χ3v) is 4.35. The van der Waals surface area contributed by atoms with Crippen molar-refractivity contribution < 1.29 is 19.1 Å². The third kappa shape index (κ3) is 4.96. The maximum absolute atomic E-state index is 12.4. The number of carbonyl (C=O) groups is 2. The molecule has 2 rings (SSSR count). The third-order valence-electron chi connectivity index (χ3n) is 4.35. The highest BCUT2D eigenvalue weighted by atomic mass is 16.5. The molecule has 0 saturated carbocycles. The van der Waals surface area contributed by atoms with E-state index in [0.29, 0.717) is 17.9 Å². The highest BCUT2D eigenvalue weighted by Gasteiger charge is 2.26. The van der Waals surface area contributed by atoms with E-state index in [1.54, 1.807) is 7.11 Å². The molecule has 1 aromatic rings. The molecule has 1 fully saturated rings. The van der Waals surface area contributed by atoms with Crippen LogP contribution in [-0.2, 0) is 14.3 Å². The molecule has 1 saturated heterocycles. The van der Waals surface area contributed by atoms with Crippen LogP contribution in [0.5, 0.6) is 5.75 Å². The second-order valence-electron chi connectivity index (χ2n) is 6.15. The first-order valence-electron chi connectivity index (χ1n) is 8.29. The van der Waals surface area contributed by atoms with Gasteiger partial charge in [-0.15, -0.1) is 0 Å². The number of likely N-dealkylation sites (tertiary alicyclic amines) is 1. The summed E-state index contributed by atoms with van der Waals surface area (Å²) in [4.78, 5) is 26.1. The van der Waals surface area contributed by atoms with Crippen LogP contribution in [0.1, 0.15) is 31.2 Å². The summed E-state index contributed by atoms with van der Waals surface area (Å²) in [5, 5.41) is 2.92. The number of hydrogen-bond donors (Lipinski definition) is 1. The van der Waals surface area contributed by atoms with E-state index in [1.807, 2.05) is 25.1 Å². The summed E-state index contributed by atoms with van der Waals surface area (Å²) in [6.07, 6.45) is 3.36. The van der Waals surface area contributed by atoms with Crippen LogP contribution in [0, 0.1) is 6.92 Å². The second-order valence-corrected chi connectivity index (χ2v) is 6.15. The van der Waals surface area contributed by atoms with E-state index in [9.17, 15) is 9.59 Å². The molecule has 6 nitrogen and oxygen atoms in total. The molecule has 1 N–H and O–H groups in total. The lowest BCUT2D eigenvalue weighted by Crippen LogP contribution is -2.45. The number of carbonyl (C=O) groups excluding carboxylic acids is 2. The van der Waals surface area contributed by atoms with E-state index in [2.05, 4.69) is 10.2 Å². The molecule has 24 heavy (non-hydrogen) atoms. The normalized spacial score (nSPS) is 18.0. The van der Waals surface area contributed by atoms with E-state index in [1.165, 1.54) is 7.11 Å². The summed E-state index contributed by atoms with van der Waals surface area (Å²) in [5.41, 5.74) is 1.72. The minimum absolute atomic E-state index is 0.0661. The van der Waals surface area contributed by atoms with Crippen molar-refractivity contribution in [2.24, 2.45) is 0 Å². The van der Waals surface area contributed by atoms with Gasteiger partial charge < -0.3 is 14.8 Å². The second kappa shape index (κ2) is 8.68. The Morgan fingerprint density at radius 1 is 1.29 bits per heavy atom. The Morgan fingerprint density at radius 2 is 2.08 bits per heavy atom. The molecule has 0 bridgehead atoms. The number of hydrogen-bond acceptors (Lipinski definition) is 5. The number of piperidine rings is 1. The van der Waals surface area contributed by atoms with Crippen molar-refractivity contribution in [3.63, 3.8) is 0 Å². The lowest BCUT2D eigenvalue weighted by Gasteiger charge is -2.34. The zero-order valence-electron chi connectivity index (χ0n) is 14.6. The molecule has 1 heterocycles. The van der Waals surface area contributed by atoms with Crippen molar-refractivity contribution in [2.75, 3.05) is 32.6 Å². The first-order chi connectivity index (χ1) is 11.5. The molecule has 132 valence electrons. The van der Waals surface area contributed by atoms with Crippen molar-refractivity contribution in [3.8, 4) is 5.75 Å². The van der Waals surface area contributed by atoms with Gasteiger partial charge in [-0.25, -0.2) is 0 Å². The Morgan fingerprint density at radius 3 is 2.79 bits per heavy atom. The van der Waals surface area contributed by atoms with Crippen molar-refractivity contribution in [1.82, 2.24) is 4.90 Å². The van der Waals surface area contributed by atoms with E-state index >= 15 is 0 Å². The number of nitrogens with one attached hydrogen (secondary N) is 1. The van der Waals surface area contributed by atoms with Crippen molar-refractivity contribution in [3.05, 3.63) is 23.8 Å². The largest absolute Gasteiger partial charge is 0.495 e. The number of nitrogens with zero attached hydrogens (tertiary/aromatic N) is 1. The maximum Gasteiger partial charge on any atom is 0.307 e. The first kappa shape index (κ1) is 18.3. The summed E-state index contributed by atoms with van der Waals surface area (Å²) in [6, 6.07) is 5.73. The quantitative estimate of drug-likeness (QED) is 0.809. The van der Waals surface area contributed by atoms with Crippen molar-refractivity contribution in [2.45, 2.75) is 38.6 Å². The van der Waals surface area contributed by atoms with Gasteiger partial charge in [0, 0.05) is 6.04 Å². The van der Waals surface area contributed by atoms with Gasteiger partial charge in [0.25, 0.3) is 0 Å². The Balaban J connectivity index is 1.99. The Labute approximate surface area is 143 Å². The van der Waals surface area contributed by atoms with Gasteiger partial charge in [-0.3, -0.25) is 14.5 Å². The number of aryl methyl sites for hydroxylation is 1. The molecular weight excluding hydrogens is 308 g/mol. The summed E-state index contributed by atoms with van der Waals surface area (Å²) in [7, 11) is 2.98. The molecule has 1 atom stereocenters. The zero-order chi connectivity index (χ0) is 17.5. The predicted octanol–water partition coefficient (Wildman–Crippen LogP) is 2.36. The SMILES string of the molecule is COC(=O)C[C@H]1CCCCN1CC(=O)Nc1cc(C)ccc1OC. The fraction of sp³-hybridized carbons (Fsp3) is 0.556. The molecule has 0 radical (unpaired) electrons. The summed E-state index contributed by atoms with van der Waals surface area (Å²) in [6.45, 7) is 3.05. The number of amides is 1. The van der Waals surface area contributed by atoms with Gasteiger partial charge in [0.2, 0.25) is 5.91 Å². The molecule has 1 aliphatic rings. The molecule has 0 spiro atoms. The van der Waals surface area contributed by atoms with Crippen LogP contribution in [0.15, 0.2) is 18.2 Å². The lowest BCUT2D eigenvalue weighted by atomic mass is 9.99. The fourth-order valence-corrected chi connectivity index (χ4v) is 3.07. The van der Waals surface area contributed by atoms with Crippen LogP contribution in [0.3, 0.4) is 0 Å². The topological polar surface area (TPSA) is 67.9 Å². The number of anilines is 1. The number of ether oxygens (including phenoxy) is 2. The van der Waals surface area contributed by atoms with Crippen LogP contribution in [0.4, 0.5) is 5.69 Å². The number of rotatable bonds is 6. The van der Waals surface area contributed by atoms with Crippen molar-refractivity contribution in [1.29, 1.82) is 0 Å². The minimum Gasteiger partial charge on any atom is -0.495 e. The minimum atomic E-state index is -0.229. The van der Waals surface area contributed by atoms with E-state index < -0.39 is 0 Å². The molecule has 1 aromatic carbocycles. The number of benzene rings is 1. The summed E-state index contributed by atoms with van der Waals surface area (Å²) in [5.74, 6) is 0.307. The van der Waals surface area contributed by atoms with Gasteiger partial charge in [0.15, 0.2) is 0 Å². The Hall–Kier alpha value is -2.08. The van der Waals surface area contributed by atoms with Crippen LogP contribution in [-0.4, -0.2) is 50.1 Å². The highest BCUT2D eigenvalue weighted by Crippen LogP contribution is 2.25. The molecular formula is C18H26N2O4. The maximum atomic E-state index is 12.4. The standard InChI is InChI=1S/C18H26N2O4/c1-13-7-8-16(23-2)15(10-13)19-17(21)12-20-9-5-4-6-14(20)11-18(22)24-3/h7-8,10,14H,4-6,9,11-12H2,1-3H3,(H,19,21)/t14-/m1/s1.